The Morgan fingerprint density at radius 3 is 2.33 bits per heavy atom. The molecule has 1 aliphatic rings. The van der Waals surface area contributed by atoms with Crippen LogP contribution in [0.15, 0.2) is 24.0 Å². The van der Waals surface area contributed by atoms with Crippen molar-refractivity contribution in [2.45, 2.75) is 58.3 Å². The molecule has 0 saturated heterocycles. The highest BCUT2D eigenvalue weighted by atomic mass is 19.2. The molecule has 116 valence electrons. The van der Waals surface area contributed by atoms with Crippen LogP contribution in [0.2, 0.25) is 0 Å². The molecule has 3 heteroatoms. The fraction of sp³-hybridized carbons (Fsp3) is 0.556. The number of hydrogen-bond acceptors (Lipinski definition) is 0. The summed E-state index contributed by atoms with van der Waals surface area (Å²) in [4.78, 5) is 0. The molecule has 1 aromatic rings. The van der Waals surface area contributed by atoms with Crippen LogP contribution < -0.4 is 0 Å². The summed E-state index contributed by atoms with van der Waals surface area (Å²) >= 11 is 0. The van der Waals surface area contributed by atoms with Gasteiger partial charge in [0.15, 0.2) is 5.83 Å². The molecule has 0 unspecified atom stereocenters. The quantitative estimate of drug-likeness (QED) is 0.592. The van der Waals surface area contributed by atoms with Crippen LogP contribution in [-0.2, 0) is 0 Å². The second-order valence-corrected chi connectivity index (χ2v) is 6.09. The van der Waals surface area contributed by atoms with Gasteiger partial charge in [0.05, 0.1) is 0 Å². The number of halogens is 3. The first kappa shape index (κ1) is 16.1. The molecule has 0 heterocycles. The predicted octanol–water partition coefficient (Wildman–Crippen LogP) is 6.53. The van der Waals surface area contributed by atoms with E-state index in [0.717, 1.165) is 31.2 Å². The lowest BCUT2D eigenvalue weighted by atomic mass is 9.77. The van der Waals surface area contributed by atoms with Gasteiger partial charge < -0.3 is 0 Å². The van der Waals surface area contributed by atoms with Gasteiger partial charge in [-0.05, 0) is 62.1 Å². The molecule has 0 aromatic heterocycles. The maximum absolute atomic E-state index is 14.0. The van der Waals surface area contributed by atoms with Gasteiger partial charge in [0, 0.05) is 5.56 Å². The van der Waals surface area contributed by atoms with Crippen molar-refractivity contribution in [3.63, 3.8) is 0 Å². The Kier molecular flexibility index (Phi) is 5.49. The molecule has 0 bridgehead atoms. The van der Waals surface area contributed by atoms with Crippen molar-refractivity contribution in [3.8, 4) is 0 Å². The zero-order valence-corrected chi connectivity index (χ0v) is 12.8. The lowest BCUT2D eigenvalue weighted by Crippen LogP contribution is -2.13. The van der Waals surface area contributed by atoms with Crippen molar-refractivity contribution >= 4 is 5.83 Å². The molecule has 1 fully saturated rings. The fourth-order valence-electron chi connectivity index (χ4n) is 3.34. The van der Waals surface area contributed by atoms with Crippen LogP contribution >= 0.6 is 0 Å². The van der Waals surface area contributed by atoms with E-state index < -0.39 is 17.5 Å². The van der Waals surface area contributed by atoms with E-state index in [4.69, 9.17) is 0 Å². The van der Waals surface area contributed by atoms with Crippen molar-refractivity contribution in [3.05, 3.63) is 41.0 Å². The maximum atomic E-state index is 14.0. The van der Waals surface area contributed by atoms with E-state index in [2.05, 4.69) is 6.92 Å². The Morgan fingerprint density at radius 2 is 1.81 bits per heavy atom. The molecule has 0 spiro atoms. The van der Waals surface area contributed by atoms with Crippen LogP contribution in [0.4, 0.5) is 13.2 Å². The van der Waals surface area contributed by atoms with Gasteiger partial charge in [-0.25, -0.2) is 13.2 Å². The molecular weight excluding hydrogens is 273 g/mol. The van der Waals surface area contributed by atoms with Gasteiger partial charge in [-0.1, -0.05) is 25.8 Å². The van der Waals surface area contributed by atoms with Crippen molar-refractivity contribution in [2.24, 2.45) is 5.92 Å². The molecule has 0 atom stereocenters. The summed E-state index contributed by atoms with van der Waals surface area (Å²) in [6.45, 7) is 3.20. The summed E-state index contributed by atoms with van der Waals surface area (Å²) in [5.74, 6) is -1.62. The van der Waals surface area contributed by atoms with Gasteiger partial charge in [-0.3, -0.25) is 0 Å². The predicted molar refractivity (Wildman–Crippen MR) is 80.8 cm³/mol. The Hall–Kier alpha value is -1.25. The van der Waals surface area contributed by atoms with E-state index in [1.165, 1.54) is 37.8 Å². The lowest BCUT2D eigenvalue weighted by Gasteiger charge is -2.28. The summed E-state index contributed by atoms with van der Waals surface area (Å²) < 4.78 is 40.3. The van der Waals surface area contributed by atoms with Crippen LogP contribution in [0.1, 0.15) is 69.4 Å². The normalized spacial score (nSPS) is 23.9. The standard InChI is InChI=1S/C18H23F3/c1-3-4-13-5-7-14(8-6-13)15-9-10-16(17(20)11-15)18(21)12(2)19/h9-11,13-14H,3-8H2,1-2H3/b18-12+. The molecule has 1 aromatic carbocycles. The first-order valence-electron chi connectivity index (χ1n) is 7.84. The smallest absolute Gasteiger partial charge is 0.164 e. The minimum atomic E-state index is -1.11. The monoisotopic (exact) mass is 296 g/mol. The van der Waals surface area contributed by atoms with Gasteiger partial charge in [-0.15, -0.1) is 0 Å². The summed E-state index contributed by atoms with van der Waals surface area (Å²) in [6, 6.07) is 4.48. The van der Waals surface area contributed by atoms with Crippen molar-refractivity contribution in [1.82, 2.24) is 0 Å². The fourth-order valence-corrected chi connectivity index (χ4v) is 3.34. The van der Waals surface area contributed by atoms with Crippen LogP contribution in [0.25, 0.3) is 5.83 Å². The van der Waals surface area contributed by atoms with E-state index in [-0.39, 0.29) is 5.56 Å². The van der Waals surface area contributed by atoms with E-state index in [9.17, 15) is 13.2 Å². The van der Waals surface area contributed by atoms with Gasteiger partial charge in [-0.2, -0.15) is 0 Å². The highest BCUT2D eigenvalue weighted by molar-refractivity contribution is 5.61. The Bertz CT molecular complexity index is 507. The maximum Gasteiger partial charge on any atom is 0.164 e. The topological polar surface area (TPSA) is 0 Å². The van der Waals surface area contributed by atoms with Gasteiger partial charge in [0.25, 0.3) is 0 Å². The second kappa shape index (κ2) is 7.15. The third-order valence-corrected chi connectivity index (χ3v) is 4.55. The SMILES string of the molecule is CCCC1CCC(c2ccc(/C(F)=C(/C)F)c(F)c2)CC1. The van der Waals surface area contributed by atoms with Crippen molar-refractivity contribution in [1.29, 1.82) is 0 Å². The Labute approximate surface area is 125 Å². The summed E-state index contributed by atoms with van der Waals surface area (Å²) in [5.41, 5.74) is 0.633. The molecule has 2 rings (SSSR count). The highest BCUT2D eigenvalue weighted by Gasteiger charge is 2.23. The van der Waals surface area contributed by atoms with E-state index in [1.54, 1.807) is 6.07 Å². The summed E-state index contributed by atoms with van der Waals surface area (Å²) in [6.07, 6.45) is 6.96. The third kappa shape index (κ3) is 3.90. The Balaban J connectivity index is 2.09. The average molecular weight is 296 g/mol. The van der Waals surface area contributed by atoms with E-state index >= 15 is 0 Å². The zero-order chi connectivity index (χ0) is 15.4. The molecule has 0 N–H and O–H groups in total. The molecule has 1 aliphatic carbocycles. The number of allylic oxidation sites excluding steroid dienone is 1. The average Bonchev–Trinajstić information content (AvgIpc) is 2.47. The van der Waals surface area contributed by atoms with Gasteiger partial charge in [0.2, 0.25) is 0 Å². The minimum absolute atomic E-state index is 0.279. The van der Waals surface area contributed by atoms with E-state index in [1.807, 2.05) is 0 Å². The number of rotatable bonds is 4. The second-order valence-electron chi connectivity index (χ2n) is 6.09. The van der Waals surface area contributed by atoms with Crippen LogP contribution in [0.3, 0.4) is 0 Å². The zero-order valence-electron chi connectivity index (χ0n) is 12.8. The third-order valence-electron chi connectivity index (χ3n) is 4.55. The van der Waals surface area contributed by atoms with Crippen LogP contribution in [0, 0.1) is 11.7 Å². The molecule has 0 radical (unpaired) electrons. The van der Waals surface area contributed by atoms with E-state index in [0.29, 0.717) is 5.92 Å². The van der Waals surface area contributed by atoms with Crippen LogP contribution in [0.5, 0.6) is 0 Å². The van der Waals surface area contributed by atoms with Crippen molar-refractivity contribution < 1.29 is 13.2 Å². The molecule has 0 amide bonds. The number of benzene rings is 1. The lowest BCUT2D eigenvalue weighted by molar-refractivity contribution is 0.308. The molecule has 21 heavy (non-hydrogen) atoms. The van der Waals surface area contributed by atoms with Crippen molar-refractivity contribution in [2.75, 3.05) is 0 Å². The molecular formula is C18H23F3. The van der Waals surface area contributed by atoms with Crippen LogP contribution in [-0.4, -0.2) is 0 Å². The van der Waals surface area contributed by atoms with Gasteiger partial charge in [0.1, 0.15) is 11.6 Å². The highest BCUT2D eigenvalue weighted by Crippen LogP contribution is 2.38. The first-order valence-corrected chi connectivity index (χ1v) is 7.84. The summed E-state index contributed by atoms with van der Waals surface area (Å²) in [5, 5.41) is 0. The van der Waals surface area contributed by atoms with Gasteiger partial charge >= 0.3 is 0 Å². The molecule has 1 saturated carbocycles. The first-order chi connectivity index (χ1) is 10.0. The summed E-state index contributed by atoms with van der Waals surface area (Å²) in [7, 11) is 0. The number of hydrogen-bond donors (Lipinski definition) is 0. The minimum Gasteiger partial charge on any atom is -0.209 e. The Morgan fingerprint density at radius 1 is 1.14 bits per heavy atom. The molecule has 0 nitrogen and oxygen atoms in total. The molecule has 0 aliphatic heterocycles. The largest absolute Gasteiger partial charge is 0.209 e.